The van der Waals surface area contributed by atoms with Crippen molar-refractivity contribution in [3.05, 3.63) is 35.9 Å². The average Bonchev–Trinajstić information content (AvgIpc) is 2.24. The topological polar surface area (TPSA) is 56.8 Å². The van der Waals surface area contributed by atoms with Crippen molar-refractivity contribution in [3.63, 3.8) is 0 Å². The first kappa shape index (κ1) is 9.83. The van der Waals surface area contributed by atoms with E-state index in [0.29, 0.717) is 5.75 Å². The SMILES string of the molecule is N#CC=Cc1ccccc1OCC#N. The normalized spacial score (nSPS) is 9.29. The highest BCUT2D eigenvalue weighted by Crippen LogP contribution is 2.18. The van der Waals surface area contributed by atoms with E-state index in [2.05, 4.69) is 0 Å². The molecule has 0 unspecified atom stereocenters. The molecule has 1 aromatic carbocycles. The first-order valence-electron chi connectivity index (χ1n) is 4.03. The Bertz CT molecular complexity index is 410. The van der Waals surface area contributed by atoms with Crippen LogP contribution >= 0.6 is 0 Å². The molecular formula is C11H8N2O. The molecule has 1 aromatic rings. The zero-order valence-corrected chi connectivity index (χ0v) is 7.47. The van der Waals surface area contributed by atoms with Crippen LogP contribution < -0.4 is 4.74 Å². The van der Waals surface area contributed by atoms with Gasteiger partial charge in [0, 0.05) is 11.6 Å². The van der Waals surface area contributed by atoms with Crippen molar-refractivity contribution in [1.29, 1.82) is 10.5 Å². The molecule has 0 amide bonds. The summed E-state index contributed by atoms with van der Waals surface area (Å²) in [5, 5.41) is 16.7. The molecule has 0 N–H and O–H groups in total. The molecular weight excluding hydrogens is 176 g/mol. The fraction of sp³-hybridized carbons (Fsp3) is 0.0909. The third kappa shape index (κ3) is 2.66. The van der Waals surface area contributed by atoms with Crippen molar-refractivity contribution in [1.82, 2.24) is 0 Å². The monoisotopic (exact) mass is 184 g/mol. The molecule has 0 saturated heterocycles. The van der Waals surface area contributed by atoms with Crippen LogP contribution in [0.5, 0.6) is 5.75 Å². The summed E-state index contributed by atoms with van der Waals surface area (Å²) in [7, 11) is 0. The van der Waals surface area contributed by atoms with Crippen molar-refractivity contribution in [2.24, 2.45) is 0 Å². The van der Waals surface area contributed by atoms with Crippen molar-refractivity contribution >= 4 is 6.08 Å². The standard InChI is InChI=1S/C11H8N2O/c12-7-3-5-10-4-1-2-6-11(10)14-9-8-13/h1-6H,9H2. The highest BCUT2D eigenvalue weighted by Gasteiger charge is 1.97. The molecule has 0 bridgehead atoms. The number of ether oxygens (including phenoxy) is 1. The van der Waals surface area contributed by atoms with E-state index in [1.165, 1.54) is 6.08 Å². The molecule has 0 aliphatic carbocycles. The van der Waals surface area contributed by atoms with Crippen molar-refractivity contribution < 1.29 is 4.74 Å². The first-order chi connectivity index (χ1) is 6.88. The van der Waals surface area contributed by atoms with Gasteiger partial charge in [-0.25, -0.2) is 0 Å². The van der Waals surface area contributed by atoms with Crippen LogP contribution in [0.15, 0.2) is 30.3 Å². The van der Waals surface area contributed by atoms with Crippen LogP contribution in [0, 0.1) is 22.7 Å². The van der Waals surface area contributed by atoms with Crippen LogP contribution in [0.4, 0.5) is 0 Å². The Morgan fingerprint density at radius 2 is 2.07 bits per heavy atom. The van der Waals surface area contributed by atoms with Gasteiger partial charge in [-0.1, -0.05) is 18.2 Å². The van der Waals surface area contributed by atoms with Gasteiger partial charge in [0.15, 0.2) is 6.61 Å². The molecule has 3 heteroatoms. The largest absolute Gasteiger partial charge is 0.478 e. The van der Waals surface area contributed by atoms with Gasteiger partial charge in [-0.3, -0.25) is 0 Å². The van der Waals surface area contributed by atoms with Crippen LogP contribution in [0.3, 0.4) is 0 Å². The lowest BCUT2D eigenvalue weighted by Gasteiger charge is -2.04. The van der Waals surface area contributed by atoms with Gasteiger partial charge in [-0.15, -0.1) is 0 Å². The number of rotatable bonds is 3. The van der Waals surface area contributed by atoms with Gasteiger partial charge in [0.2, 0.25) is 0 Å². The van der Waals surface area contributed by atoms with Crippen molar-refractivity contribution in [2.75, 3.05) is 6.61 Å². The van der Waals surface area contributed by atoms with Crippen LogP contribution in [0.2, 0.25) is 0 Å². The van der Waals surface area contributed by atoms with Crippen LogP contribution in [0.1, 0.15) is 5.56 Å². The van der Waals surface area contributed by atoms with E-state index >= 15 is 0 Å². The molecule has 0 atom stereocenters. The molecule has 14 heavy (non-hydrogen) atoms. The second kappa shape index (κ2) is 5.40. The third-order valence-corrected chi connectivity index (χ3v) is 1.55. The lowest BCUT2D eigenvalue weighted by Crippen LogP contribution is -1.94. The Balaban J connectivity index is 2.87. The minimum absolute atomic E-state index is 0.0113. The summed E-state index contributed by atoms with van der Waals surface area (Å²) in [6.07, 6.45) is 3.02. The molecule has 0 aromatic heterocycles. The van der Waals surface area contributed by atoms with Gasteiger partial charge in [0.05, 0.1) is 6.07 Å². The minimum atomic E-state index is 0.0113. The van der Waals surface area contributed by atoms with Gasteiger partial charge >= 0.3 is 0 Å². The van der Waals surface area contributed by atoms with Crippen LogP contribution in [-0.2, 0) is 0 Å². The second-order valence-corrected chi connectivity index (χ2v) is 2.45. The van der Waals surface area contributed by atoms with Gasteiger partial charge in [0.25, 0.3) is 0 Å². The lowest BCUT2D eigenvalue weighted by atomic mass is 10.2. The number of allylic oxidation sites excluding steroid dienone is 1. The second-order valence-electron chi connectivity index (χ2n) is 2.45. The number of hydrogen-bond donors (Lipinski definition) is 0. The fourth-order valence-corrected chi connectivity index (χ4v) is 0.987. The van der Waals surface area contributed by atoms with Gasteiger partial charge in [0.1, 0.15) is 11.8 Å². The molecule has 0 heterocycles. The smallest absolute Gasteiger partial charge is 0.174 e. The maximum atomic E-state index is 8.36. The number of nitriles is 2. The maximum absolute atomic E-state index is 8.36. The Morgan fingerprint density at radius 3 is 2.79 bits per heavy atom. The summed E-state index contributed by atoms with van der Waals surface area (Å²) in [5.74, 6) is 0.612. The van der Waals surface area contributed by atoms with E-state index in [1.54, 1.807) is 12.1 Å². The molecule has 3 nitrogen and oxygen atoms in total. The maximum Gasteiger partial charge on any atom is 0.174 e. The molecule has 0 aliphatic rings. The molecule has 1 rings (SSSR count). The Labute approximate surface area is 82.5 Å². The molecule has 0 fully saturated rings. The fourth-order valence-electron chi connectivity index (χ4n) is 0.987. The van der Waals surface area contributed by atoms with E-state index in [9.17, 15) is 0 Å². The van der Waals surface area contributed by atoms with Gasteiger partial charge in [-0.2, -0.15) is 10.5 Å². The summed E-state index contributed by atoms with van der Waals surface area (Å²) >= 11 is 0. The summed E-state index contributed by atoms with van der Waals surface area (Å²) in [5.41, 5.74) is 0.796. The molecule has 68 valence electrons. The van der Waals surface area contributed by atoms with Crippen LogP contribution in [-0.4, -0.2) is 6.61 Å². The van der Waals surface area contributed by atoms with Crippen molar-refractivity contribution in [3.8, 4) is 17.9 Å². The summed E-state index contributed by atoms with van der Waals surface area (Å²) in [4.78, 5) is 0. The molecule has 0 spiro atoms. The molecule has 0 aliphatic heterocycles. The predicted octanol–water partition coefficient (Wildman–Crippen LogP) is 2.13. The van der Waals surface area contributed by atoms with Crippen molar-refractivity contribution in [2.45, 2.75) is 0 Å². The number of hydrogen-bond acceptors (Lipinski definition) is 3. The summed E-state index contributed by atoms with van der Waals surface area (Å²) in [6, 6.07) is 11.0. The van der Waals surface area contributed by atoms with E-state index < -0.39 is 0 Å². The zero-order chi connectivity index (χ0) is 10.2. The van der Waals surface area contributed by atoms with E-state index in [4.69, 9.17) is 15.3 Å². The zero-order valence-electron chi connectivity index (χ0n) is 7.47. The summed E-state index contributed by atoms with van der Waals surface area (Å²) in [6.45, 7) is 0.0113. The molecule has 0 radical (unpaired) electrons. The van der Waals surface area contributed by atoms with E-state index in [-0.39, 0.29) is 6.61 Å². The number of para-hydroxylation sites is 1. The Kier molecular flexibility index (Phi) is 3.79. The highest BCUT2D eigenvalue weighted by atomic mass is 16.5. The van der Waals surface area contributed by atoms with Gasteiger partial charge in [-0.05, 0) is 12.1 Å². The first-order valence-corrected chi connectivity index (χ1v) is 4.03. The Hall–Kier alpha value is -2.26. The highest BCUT2D eigenvalue weighted by molar-refractivity contribution is 5.58. The Morgan fingerprint density at radius 1 is 1.29 bits per heavy atom. The van der Waals surface area contributed by atoms with E-state index in [0.717, 1.165) is 5.56 Å². The minimum Gasteiger partial charge on any atom is -0.478 e. The number of nitrogens with zero attached hydrogens (tertiary/aromatic N) is 2. The quantitative estimate of drug-likeness (QED) is 0.676. The third-order valence-electron chi connectivity index (χ3n) is 1.55. The van der Waals surface area contributed by atoms with E-state index in [1.807, 2.05) is 30.3 Å². The predicted molar refractivity (Wildman–Crippen MR) is 52.2 cm³/mol. The van der Waals surface area contributed by atoms with Crippen LogP contribution in [0.25, 0.3) is 6.08 Å². The number of benzene rings is 1. The lowest BCUT2D eigenvalue weighted by molar-refractivity contribution is 0.367. The summed E-state index contributed by atoms with van der Waals surface area (Å²) < 4.78 is 5.16. The molecule has 0 saturated carbocycles. The van der Waals surface area contributed by atoms with Gasteiger partial charge < -0.3 is 4.74 Å². The average molecular weight is 184 g/mol.